The van der Waals surface area contributed by atoms with Crippen LogP contribution in [-0.2, 0) is 6.42 Å². The van der Waals surface area contributed by atoms with Crippen molar-refractivity contribution in [2.45, 2.75) is 47.0 Å². The maximum absolute atomic E-state index is 12.2. The zero-order chi connectivity index (χ0) is 14.2. The van der Waals surface area contributed by atoms with Crippen molar-refractivity contribution in [1.29, 1.82) is 0 Å². The molecule has 0 radical (unpaired) electrons. The molecule has 0 fully saturated rings. The molecule has 0 amide bonds. The SMILES string of the molecule is CCC(C)CN(C)c1nc2c(s1)C(=O)CC(C)(C)C2. The van der Waals surface area contributed by atoms with E-state index in [4.69, 9.17) is 4.98 Å². The Bertz CT molecular complexity index is 478. The van der Waals surface area contributed by atoms with Crippen LogP contribution in [0.25, 0.3) is 0 Å². The van der Waals surface area contributed by atoms with Gasteiger partial charge < -0.3 is 4.90 Å². The second-order valence-corrected chi connectivity index (χ2v) is 7.58. The van der Waals surface area contributed by atoms with Gasteiger partial charge in [-0.15, -0.1) is 0 Å². The number of ketones is 1. The maximum Gasteiger partial charge on any atom is 0.185 e. The fraction of sp³-hybridized carbons (Fsp3) is 0.733. The van der Waals surface area contributed by atoms with Crippen molar-refractivity contribution in [3.05, 3.63) is 10.6 Å². The monoisotopic (exact) mass is 280 g/mol. The lowest BCUT2D eigenvalue weighted by molar-refractivity contribution is 0.0916. The van der Waals surface area contributed by atoms with Crippen molar-refractivity contribution in [2.24, 2.45) is 11.3 Å². The predicted octanol–water partition coefficient (Wildman–Crippen LogP) is 3.78. The summed E-state index contributed by atoms with van der Waals surface area (Å²) in [4.78, 5) is 20.0. The fourth-order valence-corrected chi connectivity index (χ4v) is 3.54. The minimum atomic E-state index is 0.0602. The van der Waals surface area contributed by atoms with Gasteiger partial charge in [0.05, 0.1) is 10.6 Å². The number of carbonyl (C=O) groups is 1. The second-order valence-electron chi connectivity index (χ2n) is 6.61. The van der Waals surface area contributed by atoms with E-state index < -0.39 is 0 Å². The molecule has 0 aliphatic heterocycles. The first-order valence-corrected chi connectivity index (χ1v) is 7.88. The van der Waals surface area contributed by atoms with Gasteiger partial charge in [-0.05, 0) is 17.8 Å². The Hall–Kier alpha value is -0.900. The van der Waals surface area contributed by atoms with Crippen LogP contribution < -0.4 is 4.90 Å². The van der Waals surface area contributed by atoms with E-state index in [0.717, 1.165) is 28.7 Å². The highest BCUT2D eigenvalue weighted by atomic mass is 32.1. The summed E-state index contributed by atoms with van der Waals surface area (Å²) in [7, 11) is 2.08. The average Bonchev–Trinajstić information content (AvgIpc) is 2.71. The summed E-state index contributed by atoms with van der Waals surface area (Å²) in [6.07, 6.45) is 2.74. The van der Waals surface area contributed by atoms with Crippen LogP contribution in [-0.4, -0.2) is 24.4 Å². The minimum absolute atomic E-state index is 0.0602. The molecule has 1 heterocycles. The molecule has 0 spiro atoms. The Kier molecular flexibility index (Phi) is 4.00. The van der Waals surface area contributed by atoms with Crippen LogP contribution in [0.2, 0.25) is 0 Å². The molecule has 1 aromatic heterocycles. The number of rotatable bonds is 4. The quantitative estimate of drug-likeness (QED) is 0.841. The van der Waals surface area contributed by atoms with Crippen LogP contribution in [0.15, 0.2) is 0 Å². The van der Waals surface area contributed by atoms with E-state index in [2.05, 4.69) is 39.6 Å². The molecule has 4 heteroatoms. The molecule has 1 unspecified atom stereocenters. The summed E-state index contributed by atoms with van der Waals surface area (Å²) < 4.78 is 0. The topological polar surface area (TPSA) is 33.2 Å². The Labute approximate surface area is 120 Å². The van der Waals surface area contributed by atoms with E-state index in [-0.39, 0.29) is 11.2 Å². The molecule has 1 atom stereocenters. The standard InChI is InChI=1S/C15H24N2OS/c1-6-10(2)9-17(5)14-16-11-7-15(3,4)8-12(18)13(11)19-14/h10H,6-9H2,1-5H3. The molecular formula is C15H24N2OS. The first-order chi connectivity index (χ1) is 8.82. The van der Waals surface area contributed by atoms with Crippen LogP contribution in [0.5, 0.6) is 0 Å². The van der Waals surface area contributed by atoms with E-state index in [9.17, 15) is 4.79 Å². The van der Waals surface area contributed by atoms with E-state index in [1.54, 1.807) is 11.3 Å². The number of thiazole rings is 1. The molecule has 19 heavy (non-hydrogen) atoms. The number of Topliss-reactive ketones (excluding diaryl/α,β-unsaturated/α-hetero) is 1. The van der Waals surface area contributed by atoms with Crippen LogP contribution in [0, 0.1) is 11.3 Å². The van der Waals surface area contributed by atoms with Crippen LogP contribution >= 0.6 is 11.3 Å². The summed E-state index contributed by atoms with van der Waals surface area (Å²) in [6, 6.07) is 0. The molecule has 0 saturated heterocycles. The highest BCUT2D eigenvalue weighted by molar-refractivity contribution is 7.17. The molecule has 3 nitrogen and oxygen atoms in total. The number of aromatic nitrogens is 1. The van der Waals surface area contributed by atoms with Gasteiger partial charge in [-0.1, -0.05) is 45.5 Å². The van der Waals surface area contributed by atoms with E-state index in [1.807, 2.05) is 0 Å². The molecule has 0 N–H and O–H groups in total. The molecule has 2 rings (SSSR count). The van der Waals surface area contributed by atoms with Crippen molar-refractivity contribution in [2.75, 3.05) is 18.5 Å². The normalized spacial score (nSPS) is 19.1. The number of nitrogens with zero attached hydrogens (tertiary/aromatic N) is 2. The fourth-order valence-electron chi connectivity index (χ4n) is 2.55. The summed E-state index contributed by atoms with van der Waals surface area (Å²) in [6.45, 7) is 9.75. The zero-order valence-corrected chi connectivity index (χ0v) is 13.4. The number of anilines is 1. The van der Waals surface area contributed by atoms with Gasteiger partial charge in [0.15, 0.2) is 10.9 Å². The van der Waals surface area contributed by atoms with Gasteiger partial charge in [0.2, 0.25) is 0 Å². The highest BCUT2D eigenvalue weighted by Crippen LogP contribution is 2.39. The lowest BCUT2D eigenvalue weighted by Gasteiger charge is -2.26. The molecule has 1 aromatic rings. The average molecular weight is 280 g/mol. The van der Waals surface area contributed by atoms with Crippen LogP contribution in [0.1, 0.15) is 55.9 Å². The van der Waals surface area contributed by atoms with Gasteiger partial charge in [0, 0.05) is 20.0 Å². The van der Waals surface area contributed by atoms with Gasteiger partial charge in [-0.3, -0.25) is 4.79 Å². The first kappa shape index (κ1) is 14.5. The van der Waals surface area contributed by atoms with Crippen molar-refractivity contribution in [1.82, 2.24) is 4.98 Å². The lowest BCUT2D eigenvalue weighted by atomic mass is 9.78. The Morgan fingerprint density at radius 3 is 2.74 bits per heavy atom. The van der Waals surface area contributed by atoms with Gasteiger partial charge in [-0.2, -0.15) is 0 Å². The first-order valence-electron chi connectivity index (χ1n) is 7.06. The predicted molar refractivity (Wildman–Crippen MR) is 81.3 cm³/mol. The van der Waals surface area contributed by atoms with E-state index in [1.165, 1.54) is 6.42 Å². The van der Waals surface area contributed by atoms with Gasteiger partial charge in [0.1, 0.15) is 0 Å². The summed E-state index contributed by atoms with van der Waals surface area (Å²) in [5, 5.41) is 0.997. The Morgan fingerprint density at radius 2 is 2.11 bits per heavy atom. The third kappa shape index (κ3) is 3.16. The van der Waals surface area contributed by atoms with E-state index in [0.29, 0.717) is 12.3 Å². The van der Waals surface area contributed by atoms with Crippen LogP contribution in [0.3, 0.4) is 0 Å². The lowest BCUT2D eigenvalue weighted by Crippen LogP contribution is -2.26. The maximum atomic E-state index is 12.2. The summed E-state index contributed by atoms with van der Waals surface area (Å²) in [5.74, 6) is 0.921. The van der Waals surface area contributed by atoms with Crippen molar-refractivity contribution < 1.29 is 4.79 Å². The number of carbonyl (C=O) groups excluding carboxylic acids is 1. The number of hydrogen-bond donors (Lipinski definition) is 0. The molecule has 106 valence electrons. The largest absolute Gasteiger partial charge is 0.351 e. The molecular weight excluding hydrogens is 256 g/mol. The number of hydrogen-bond acceptors (Lipinski definition) is 4. The van der Waals surface area contributed by atoms with E-state index >= 15 is 0 Å². The third-order valence-corrected chi connectivity index (χ3v) is 5.09. The Balaban J connectivity index is 2.21. The van der Waals surface area contributed by atoms with Gasteiger partial charge in [0.25, 0.3) is 0 Å². The van der Waals surface area contributed by atoms with Crippen molar-refractivity contribution >= 4 is 22.3 Å². The minimum Gasteiger partial charge on any atom is -0.351 e. The molecule has 1 aliphatic carbocycles. The molecule has 1 aliphatic rings. The molecule has 0 bridgehead atoms. The second kappa shape index (κ2) is 5.23. The molecule has 0 saturated carbocycles. The summed E-state index contributed by atoms with van der Waals surface area (Å²) >= 11 is 1.57. The zero-order valence-electron chi connectivity index (χ0n) is 12.6. The highest BCUT2D eigenvalue weighted by Gasteiger charge is 2.34. The van der Waals surface area contributed by atoms with Gasteiger partial charge in [-0.25, -0.2) is 4.98 Å². The van der Waals surface area contributed by atoms with Crippen molar-refractivity contribution in [3.8, 4) is 0 Å². The smallest absolute Gasteiger partial charge is 0.185 e. The van der Waals surface area contributed by atoms with Crippen molar-refractivity contribution in [3.63, 3.8) is 0 Å². The number of fused-ring (bicyclic) bond motifs is 1. The third-order valence-electron chi connectivity index (χ3n) is 3.83. The molecule has 0 aromatic carbocycles. The Morgan fingerprint density at radius 1 is 1.42 bits per heavy atom. The van der Waals surface area contributed by atoms with Crippen LogP contribution in [0.4, 0.5) is 5.13 Å². The summed E-state index contributed by atoms with van der Waals surface area (Å²) in [5.41, 5.74) is 1.07. The van der Waals surface area contributed by atoms with Gasteiger partial charge >= 0.3 is 0 Å².